The van der Waals surface area contributed by atoms with Gasteiger partial charge < -0.3 is 9.67 Å². The lowest BCUT2D eigenvalue weighted by Gasteiger charge is -2.07. The molecule has 1 aromatic heterocycles. The van der Waals surface area contributed by atoms with Crippen LogP contribution in [0.4, 0.5) is 0 Å². The fourth-order valence-corrected chi connectivity index (χ4v) is 2.86. The van der Waals surface area contributed by atoms with Crippen molar-refractivity contribution in [2.75, 3.05) is 5.75 Å². The summed E-state index contributed by atoms with van der Waals surface area (Å²) in [5.74, 6) is 0.330. The maximum atomic E-state index is 10.6. The number of aliphatic carboxylic acids is 1. The van der Waals surface area contributed by atoms with Crippen LogP contribution in [0.15, 0.2) is 5.16 Å². The summed E-state index contributed by atoms with van der Waals surface area (Å²) in [5.41, 5.74) is 0. The van der Waals surface area contributed by atoms with Crippen molar-refractivity contribution < 1.29 is 9.90 Å². The van der Waals surface area contributed by atoms with Gasteiger partial charge in [-0.1, -0.05) is 18.2 Å². The number of aryl methyl sites for hydroxylation is 1. The van der Waals surface area contributed by atoms with Crippen LogP contribution >= 0.6 is 23.4 Å². The van der Waals surface area contributed by atoms with Crippen LogP contribution < -0.4 is 0 Å². The average Bonchev–Trinajstić information content (AvgIpc) is 2.54. The fraction of sp³-hybridized carbons (Fsp3) is 0.700. The van der Waals surface area contributed by atoms with Crippen molar-refractivity contribution in [3.63, 3.8) is 0 Å². The monoisotopic (exact) mass is 275 g/mol. The van der Waals surface area contributed by atoms with Crippen LogP contribution in [0.25, 0.3) is 0 Å². The maximum Gasteiger partial charge on any atom is 0.322 e. The zero-order valence-electron chi connectivity index (χ0n) is 9.30. The number of aromatic nitrogens is 3. The molecule has 7 heteroatoms. The fourth-order valence-electron chi connectivity index (χ4n) is 1.78. The molecular formula is C10H14ClN3O2S. The highest BCUT2D eigenvalue weighted by Gasteiger charge is 2.18. The van der Waals surface area contributed by atoms with Crippen molar-refractivity contribution in [2.24, 2.45) is 0 Å². The second kappa shape index (κ2) is 5.73. The van der Waals surface area contributed by atoms with E-state index in [4.69, 9.17) is 16.7 Å². The molecule has 2 rings (SSSR count). The van der Waals surface area contributed by atoms with Gasteiger partial charge in [0.1, 0.15) is 11.2 Å². The number of nitrogens with zero attached hydrogens (tertiary/aromatic N) is 3. The third-order valence-corrected chi connectivity index (χ3v) is 4.29. The van der Waals surface area contributed by atoms with Gasteiger partial charge in [-0.2, -0.15) is 0 Å². The van der Waals surface area contributed by atoms with E-state index in [1.807, 2.05) is 0 Å². The summed E-state index contributed by atoms with van der Waals surface area (Å²) in [5, 5.41) is 16.9. The molecular weight excluding hydrogens is 262 g/mol. The number of fused-ring (bicyclic) bond motifs is 1. The van der Waals surface area contributed by atoms with E-state index in [2.05, 4.69) is 14.8 Å². The molecule has 5 nitrogen and oxygen atoms in total. The first kappa shape index (κ1) is 12.7. The minimum atomic E-state index is -0.991. The van der Waals surface area contributed by atoms with Gasteiger partial charge in [0.2, 0.25) is 0 Å². The number of thioether (sulfide) groups is 1. The normalized spacial score (nSPS) is 17.2. The molecule has 2 heterocycles. The van der Waals surface area contributed by atoms with Crippen LogP contribution in [-0.2, 0) is 17.8 Å². The number of halogens is 1. The van der Waals surface area contributed by atoms with Crippen LogP contribution in [0.5, 0.6) is 0 Å². The van der Waals surface area contributed by atoms with E-state index in [1.54, 1.807) is 0 Å². The Bertz CT molecular complexity index is 410. The summed E-state index contributed by atoms with van der Waals surface area (Å²) < 4.78 is 2.09. The molecule has 0 radical (unpaired) electrons. The van der Waals surface area contributed by atoms with Gasteiger partial charge in [-0.15, -0.1) is 21.8 Å². The minimum Gasteiger partial charge on any atom is -0.480 e. The quantitative estimate of drug-likeness (QED) is 0.670. The zero-order valence-corrected chi connectivity index (χ0v) is 10.9. The van der Waals surface area contributed by atoms with Crippen molar-refractivity contribution in [1.29, 1.82) is 0 Å². The van der Waals surface area contributed by atoms with Gasteiger partial charge in [0, 0.05) is 18.7 Å². The highest BCUT2D eigenvalue weighted by Crippen LogP contribution is 2.23. The predicted octanol–water partition coefficient (Wildman–Crippen LogP) is 1.79. The van der Waals surface area contributed by atoms with Crippen molar-refractivity contribution in [2.45, 2.75) is 42.8 Å². The van der Waals surface area contributed by atoms with E-state index < -0.39 is 11.3 Å². The largest absolute Gasteiger partial charge is 0.480 e. The van der Waals surface area contributed by atoms with E-state index in [0.717, 1.165) is 36.8 Å². The summed E-state index contributed by atoms with van der Waals surface area (Å²) >= 11 is 7.03. The molecule has 1 aliphatic rings. The molecule has 1 aromatic rings. The van der Waals surface area contributed by atoms with Gasteiger partial charge >= 0.3 is 5.97 Å². The summed E-state index contributed by atoms with van der Waals surface area (Å²) in [6, 6.07) is 0. The van der Waals surface area contributed by atoms with Gasteiger partial charge in [0.05, 0.1) is 0 Å². The number of rotatable bonds is 4. The highest BCUT2D eigenvalue weighted by molar-refractivity contribution is 7.99. The number of carboxylic acids is 1. The third-order valence-electron chi connectivity index (χ3n) is 2.70. The van der Waals surface area contributed by atoms with Crippen molar-refractivity contribution in [3.8, 4) is 0 Å². The lowest BCUT2D eigenvalue weighted by atomic mass is 10.2. The van der Waals surface area contributed by atoms with Gasteiger partial charge in [-0.05, 0) is 12.8 Å². The lowest BCUT2D eigenvalue weighted by molar-refractivity contribution is -0.136. The van der Waals surface area contributed by atoms with Gasteiger partial charge in [0.25, 0.3) is 0 Å². The van der Waals surface area contributed by atoms with E-state index >= 15 is 0 Å². The number of carboxylic acid groups (broad SMARTS) is 1. The van der Waals surface area contributed by atoms with E-state index in [-0.39, 0.29) is 0 Å². The number of carbonyl (C=O) groups is 1. The standard InChI is InChI=1S/C10H14ClN3O2S/c11-7(9(15)16)6-17-10-13-12-8-4-2-1-3-5-14(8)10/h7H,1-6H2,(H,15,16). The zero-order chi connectivity index (χ0) is 12.3. The molecule has 0 saturated carbocycles. The molecule has 0 aliphatic carbocycles. The molecule has 0 amide bonds. The first-order chi connectivity index (χ1) is 8.18. The molecule has 94 valence electrons. The van der Waals surface area contributed by atoms with E-state index in [9.17, 15) is 4.79 Å². The minimum absolute atomic E-state index is 0.315. The molecule has 0 spiro atoms. The molecule has 0 aromatic carbocycles. The van der Waals surface area contributed by atoms with Crippen LogP contribution in [0.1, 0.15) is 25.1 Å². The van der Waals surface area contributed by atoms with Gasteiger partial charge in [-0.25, -0.2) is 0 Å². The first-order valence-electron chi connectivity index (χ1n) is 5.60. The molecule has 0 saturated heterocycles. The van der Waals surface area contributed by atoms with E-state index in [0.29, 0.717) is 5.75 Å². The van der Waals surface area contributed by atoms with Crippen molar-refractivity contribution in [3.05, 3.63) is 5.82 Å². The molecule has 1 unspecified atom stereocenters. The Morgan fingerprint density at radius 1 is 1.47 bits per heavy atom. The maximum absolute atomic E-state index is 10.6. The number of alkyl halides is 1. The summed E-state index contributed by atoms with van der Waals surface area (Å²) in [6.07, 6.45) is 4.44. The Hall–Kier alpha value is -0.750. The smallest absolute Gasteiger partial charge is 0.322 e. The predicted molar refractivity (Wildman–Crippen MR) is 65.6 cm³/mol. The first-order valence-corrected chi connectivity index (χ1v) is 7.02. The molecule has 1 atom stereocenters. The van der Waals surface area contributed by atoms with Crippen LogP contribution in [0, 0.1) is 0 Å². The third kappa shape index (κ3) is 3.13. The number of hydrogen-bond acceptors (Lipinski definition) is 4. The Labute approximate surface area is 109 Å². The number of hydrogen-bond donors (Lipinski definition) is 1. The Morgan fingerprint density at radius 2 is 2.29 bits per heavy atom. The SMILES string of the molecule is O=C(O)C(Cl)CSc1nnc2n1CCCCC2. The topological polar surface area (TPSA) is 68.0 Å². The molecule has 1 N–H and O–H groups in total. The molecule has 17 heavy (non-hydrogen) atoms. The highest BCUT2D eigenvalue weighted by atomic mass is 35.5. The molecule has 0 fully saturated rings. The Morgan fingerprint density at radius 3 is 3.06 bits per heavy atom. The van der Waals surface area contributed by atoms with Crippen LogP contribution in [0.2, 0.25) is 0 Å². The van der Waals surface area contributed by atoms with Gasteiger partial charge in [-0.3, -0.25) is 4.79 Å². The van der Waals surface area contributed by atoms with Crippen LogP contribution in [0.3, 0.4) is 0 Å². The van der Waals surface area contributed by atoms with Crippen LogP contribution in [-0.4, -0.2) is 37.0 Å². The summed E-state index contributed by atoms with van der Waals surface area (Å²) in [4.78, 5) is 10.6. The van der Waals surface area contributed by atoms with Crippen molar-refractivity contribution in [1.82, 2.24) is 14.8 Å². The summed E-state index contributed by atoms with van der Waals surface area (Å²) in [7, 11) is 0. The second-order valence-electron chi connectivity index (χ2n) is 3.98. The second-order valence-corrected chi connectivity index (χ2v) is 5.49. The Kier molecular flexibility index (Phi) is 4.28. The lowest BCUT2D eigenvalue weighted by Crippen LogP contribution is -2.16. The average molecular weight is 276 g/mol. The van der Waals surface area contributed by atoms with Crippen molar-refractivity contribution >= 4 is 29.3 Å². The molecule has 0 bridgehead atoms. The molecule has 1 aliphatic heterocycles. The Balaban J connectivity index is 2.01. The van der Waals surface area contributed by atoms with Gasteiger partial charge in [0.15, 0.2) is 5.16 Å². The summed E-state index contributed by atoms with van der Waals surface area (Å²) in [6.45, 7) is 0.921. The van der Waals surface area contributed by atoms with E-state index in [1.165, 1.54) is 18.2 Å².